The van der Waals surface area contributed by atoms with E-state index in [2.05, 4.69) is 27.1 Å². The quantitative estimate of drug-likeness (QED) is 0.709. The lowest BCUT2D eigenvalue weighted by Gasteiger charge is -2.31. The van der Waals surface area contributed by atoms with Crippen LogP contribution in [-0.2, 0) is 17.8 Å². The van der Waals surface area contributed by atoms with Crippen LogP contribution in [0.3, 0.4) is 0 Å². The molecular formula is C19H26N6O2. The Balaban J connectivity index is 1.67. The highest BCUT2D eigenvalue weighted by Gasteiger charge is 2.39. The lowest BCUT2D eigenvalue weighted by atomic mass is 9.99. The number of ether oxygens (including phenoxy) is 1. The van der Waals surface area contributed by atoms with Crippen LogP contribution >= 0.6 is 0 Å². The van der Waals surface area contributed by atoms with Crippen LogP contribution in [0.25, 0.3) is 0 Å². The van der Waals surface area contributed by atoms with Crippen LogP contribution in [0.4, 0.5) is 17.5 Å². The molecule has 1 aromatic heterocycles. The van der Waals surface area contributed by atoms with Gasteiger partial charge >= 0.3 is 0 Å². The van der Waals surface area contributed by atoms with Gasteiger partial charge in [-0.1, -0.05) is 19.1 Å². The highest BCUT2D eigenvalue weighted by Crippen LogP contribution is 2.37. The fourth-order valence-electron chi connectivity index (χ4n) is 3.39. The normalized spacial score (nSPS) is 18.2. The van der Waals surface area contributed by atoms with Gasteiger partial charge in [0.1, 0.15) is 11.4 Å². The van der Waals surface area contributed by atoms with Gasteiger partial charge in [0.25, 0.3) is 0 Å². The second kappa shape index (κ2) is 7.40. The van der Waals surface area contributed by atoms with E-state index >= 15 is 0 Å². The summed E-state index contributed by atoms with van der Waals surface area (Å²) in [6, 6.07) is 7.86. The minimum Gasteiger partial charge on any atom is -0.469 e. The molecule has 1 atom stereocenters. The van der Waals surface area contributed by atoms with Crippen molar-refractivity contribution in [3.8, 4) is 5.88 Å². The summed E-state index contributed by atoms with van der Waals surface area (Å²) >= 11 is 0. The van der Waals surface area contributed by atoms with Crippen molar-refractivity contribution in [1.29, 1.82) is 0 Å². The minimum atomic E-state index is -0.439. The second-order valence-corrected chi connectivity index (χ2v) is 7.16. The minimum absolute atomic E-state index is 0.0770. The standard InChI is InChI=1S/C19H26N6O2/c1-4-25(10-13-5-7-14(8-6-13)22-12(2)26)11-19(3)9-15-16(20)23-18(21)24-17(15)27-19/h5-8H,4,9-11H2,1-3H3,(H,22,26)(H4,20,21,23,24). The number of aromatic nitrogens is 2. The van der Waals surface area contributed by atoms with E-state index < -0.39 is 5.60 Å². The van der Waals surface area contributed by atoms with E-state index in [1.54, 1.807) is 0 Å². The zero-order chi connectivity index (χ0) is 19.6. The number of hydrogen-bond acceptors (Lipinski definition) is 7. The first kappa shape index (κ1) is 18.9. The van der Waals surface area contributed by atoms with E-state index in [1.165, 1.54) is 6.92 Å². The van der Waals surface area contributed by atoms with Gasteiger partial charge in [-0.2, -0.15) is 9.97 Å². The fraction of sp³-hybridized carbons (Fsp3) is 0.421. The largest absolute Gasteiger partial charge is 0.469 e. The molecule has 0 saturated carbocycles. The van der Waals surface area contributed by atoms with E-state index in [-0.39, 0.29) is 11.9 Å². The Morgan fingerprint density at radius 2 is 2.00 bits per heavy atom. The molecule has 1 aromatic carbocycles. The van der Waals surface area contributed by atoms with Gasteiger partial charge < -0.3 is 21.5 Å². The van der Waals surface area contributed by atoms with Crippen molar-refractivity contribution in [3.63, 3.8) is 0 Å². The molecule has 0 aliphatic carbocycles. The Hall–Kier alpha value is -2.87. The zero-order valence-electron chi connectivity index (χ0n) is 16.0. The summed E-state index contributed by atoms with van der Waals surface area (Å²) in [7, 11) is 0. The van der Waals surface area contributed by atoms with E-state index in [9.17, 15) is 4.79 Å². The van der Waals surface area contributed by atoms with Crippen molar-refractivity contribution >= 4 is 23.4 Å². The third-order valence-electron chi connectivity index (χ3n) is 4.60. The number of fused-ring (bicyclic) bond motifs is 1. The topological polar surface area (TPSA) is 119 Å². The van der Waals surface area contributed by atoms with Gasteiger partial charge in [-0.25, -0.2) is 0 Å². The molecule has 8 nitrogen and oxygen atoms in total. The van der Waals surface area contributed by atoms with Gasteiger partial charge in [-0.3, -0.25) is 9.69 Å². The molecule has 27 heavy (non-hydrogen) atoms. The number of anilines is 3. The highest BCUT2D eigenvalue weighted by atomic mass is 16.5. The Kier molecular flexibility index (Phi) is 5.18. The predicted molar refractivity (Wildman–Crippen MR) is 105 cm³/mol. The zero-order valence-corrected chi connectivity index (χ0v) is 16.0. The summed E-state index contributed by atoms with van der Waals surface area (Å²) in [5.41, 5.74) is 14.0. The molecule has 1 aliphatic heterocycles. The molecule has 1 amide bonds. The van der Waals surface area contributed by atoms with Crippen LogP contribution < -0.4 is 21.5 Å². The molecule has 0 bridgehead atoms. The van der Waals surface area contributed by atoms with Crippen LogP contribution in [0.1, 0.15) is 31.9 Å². The first-order chi connectivity index (χ1) is 12.8. The van der Waals surface area contributed by atoms with Crippen molar-refractivity contribution < 1.29 is 9.53 Å². The van der Waals surface area contributed by atoms with Crippen molar-refractivity contribution in [2.24, 2.45) is 0 Å². The molecule has 8 heteroatoms. The number of nitrogens with one attached hydrogen (secondary N) is 1. The SMILES string of the molecule is CCN(Cc1ccc(NC(C)=O)cc1)CC1(C)Cc2c(N)nc(N)nc2O1. The van der Waals surface area contributed by atoms with E-state index in [1.807, 2.05) is 31.2 Å². The summed E-state index contributed by atoms with van der Waals surface area (Å²) in [4.78, 5) is 21.6. The van der Waals surface area contributed by atoms with Gasteiger partial charge in [-0.15, -0.1) is 0 Å². The van der Waals surface area contributed by atoms with Crippen molar-refractivity contribution in [1.82, 2.24) is 14.9 Å². The van der Waals surface area contributed by atoms with Crippen LogP contribution in [-0.4, -0.2) is 39.5 Å². The van der Waals surface area contributed by atoms with Crippen molar-refractivity contribution in [2.45, 2.75) is 39.3 Å². The lowest BCUT2D eigenvalue weighted by Crippen LogP contribution is -2.44. The summed E-state index contributed by atoms with van der Waals surface area (Å²) in [5.74, 6) is 0.921. The molecule has 5 N–H and O–H groups in total. The molecule has 0 radical (unpaired) electrons. The third kappa shape index (κ3) is 4.46. The summed E-state index contributed by atoms with van der Waals surface area (Å²) < 4.78 is 6.09. The first-order valence-corrected chi connectivity index (χ1v) is 8.98. The third-order valence-corrected chi connectivity index (χ3v) is 4.60. The Morgan fingerprint density at radius 1 is 1.30 bits per heavy atom. The number of nitrogen functional groups attached to an aromatic ring is 2. The highest BCUT2D eigenvalue weighted by molar-refractivity contribution is 5.88. The molecule has 0 spiro atoms. The summed E-state index contributed by atoms with van der Waals surface area (Å²) in [6.07, 6.45) is 0.645. The van der Waals surface area contributed by atoms with Gasteiger partial charge in [0.2, 0.25) is 17.7 Å². The number of benzene rings is 1. The van der Waals surface area contributed by atoms with Crippen LogP contribution in [0.2, 0.25) is 0 Å². The number of amides is 1. The first-order valence-electron chi connectivity index (χ1n) is 8.98. The number of hydrogen-bond donors (Lipinski definition) is 3. The van der Waals surface area contributed by atoms with Crippen LogP contribution in [0, 0.1) is 0 Å². The molecule has 0 fully saturated rings. The maximum atomic E-state index is 11.1. The number of rotatable bonds is 6. The molecule has 1 unspecified atom stereocenters. The molecule has 2 heterocycles. The summed E-state index contributed by atoms with van der Waals surface area (Å²) in [5, 5.41) is 2.78. The molecular weight excluding hydrogens is 344 g/mol. The second-order valence-electron chi connectivity index (χ2n) is 7.16. The molecule has 1 aliphatic rings. The van der Waals surface area contributed by atoms with Crippen LogP contribution in [0.5, 0.6) is 5.88 Å². The molecule has 144 valence electrons. The fourth-order valence-corrected chi connectivity index (χ4v) is 3.39. The van der Waals surface area contributed by atoms with E-state index in [0.29, 0.717) is 24.7 Å². The van der Waals surface area contributed by atoms with Gasteiger partial charge in [0.05, 0.1) is 5.56 Å². The number of carbonyl (C=O) groups is 1. The number of nitrogens with zero attached hydrogens (tertiary/aromatic N) is 3. The van der Waals surface area contributed by atoms with Crippen molar-refractivity contribution in [3.05, 3.63) is 35.4 Å². The number of likely N-dealkylation sites (N-methyl/N-ethyl adjacent to an activating group) is 1. The van der Waals surface area contributed by atoms with Gasteiger partial charge in [0, 0.05) is 32.1 Å². The van der Waals surface area contributed by atoms with E-state index in [0.717, 1.165) is 29.9 Å². The summed E-state index contributed by atoms with van der Waals surface area (Å²) in [6.45, 7) is 8.02. The molecule has 2 aromatic rings. The number of carbonyl (C=O) groups excluding carboxylic acids is 1. The number of nitrogens with two attached hydrogens (primary N) is 2. The van der Waals surface area contributed by atoms with Gasteiger partial charge in [-0.05, 0) is 31.2 Å². The van der Waals surface area contributed by atoms with Gasteiger partial charge in [0.15, 0.2) is 0 Å². The average Bonchev–Trinajstić information content (AvgIpc) is 2.92. The Bertz CT molecular complexity index is 839. The predicted octanol–water partition coefficient (Wildman–Crippen LogP) is 1.82. The monoisotopic (exact) mass is 370 g/mol. The Morgan fingerprint density at radius 3 is 2.63 bits per heavy atom. The molecule has 3 rings (SSSR count). The van der Waals surface area contributed by atoms with Crippen LogP contribution in [0.15, 0.2) is 24.3 Å². The smallest absolute Gasteiger partial charge is 0.225 e. The Labute approximate surface area is 158 Å². The van der Waals surface area contributed by atoms with Crippen molar-refractivity contribution in [2.75, 3.05) is 29.9 Å². The van der Waals surface area contributed by atoms with E-state index in [4.69, 9.17) is 16.2 Å². The lowest BCUT2D eigenvalue weighted by molar-refractivity contribution is -0.114. The molecule has 0 saturated heterocycles. The maximum absolute atomic E-state index is 11.1. The maximum Gasteiger partial charge on any atom is 0.225 e. The average molecular weight is 370 g/mol.